The summed E-state index contributed by atoms with van der Waals surface area (Å²) in [5, 5.41) is 1.77. The fourth-order valence-corrected chi connectivity index (χ4v) is 5.95. The Morgan fingerprint density at radius 2 is 1.68 bits per heavy atom. The van der Waals surface area contributed by atoms with Crippen molar-refractivity contribution < 1.29 is 27.1 Å². The predicted molar refractivity (Wildman–Crippen MR) is 139 cm³/mol. The highest BCUT2D eigenvalue weighted by Gasteiger charge is 2.31. The number of rotatable bonds is 9. The van der Waals surface area contributed by atoms with Crippen molar-refractivity contribution in [3.05, 3.63) is 90.4 Å². The van der Waals surface area contributed by atoms with Gasteiger partial charge in [-0.25, -0.2) is 8.42 Å². The van der Waals surface area contributed by atoms with Crippen LogP contribution in [0.2, 0.25) is 0 Å². The van der Waals surface area contributed by atoms with Crippen molar-refractivity contribution in [1.29, 1.82) is 0 Å². The lowest BCUT2D eigenvalue weighted by Gasteiger charge is -2.29. The van der Waals surface area contributed by atoms with Crippen LogP contribution < -0.4 is 9.47 Å². The highest BCUT2D eigenvalue weighted by Crippen LogP contribution is 2.33. The first kappa shape index (κ1) is 24.9. The Labute approximate surface area is 216 Å². The summed E-state index contributed by atoms with van der Waals surface area (Å²) in [4.78, 5) is 15.4. The summed E-state index contributed by atoms with van der Waals surface area (Å²) in [5.74, 6) is 1.53. The van der Waals surface area contributed by atoms with E-state index in [1.54, 1.807) is 61.4 Å². The van der Waals surface area contributed by atoms with Crippen LogP contribution in [0.15, 0.2) is 88.4 Å². The van der Waals surface area contributed by atoms with Crippen LogP contribution in [0.3, 0.4) is 0 Å². The lowest BCUT2D eigenvalue weighted by Crippen LogP contribution is -2.45. The van der Waals surface area contributed by atoms with Crippen LogP contribution in [0.4, 0.5) is 0 Å². The molecule has 1 aliphatic heterocycles. The molecule has 0 unspecified atom stereocenters. The monoisotopic (exact) mass is 520 g/mol. The van der Waals surface area contributed by atoms with Gasteiger partial charge in [0.2, 0.25) is 22.7 Å². The fraction of sp³-hybridized carbons (Fsp3) is 0.250. The van der Waals surface area contributed by atoms with E-state index in [0.29, 0.717) is 17.3 Å². The molecule has 1 aromatic heterocycles. The van der Waals surface area contributed by atoms with Gasteiger partial charge in [0.1, 0.15) is 5.76 Å². The molecule has 0 radical (unpaired) electrons. The largest absolute Gasteiger partial charge is 0.467 e. The summed E-state index contributed by atoms with van der Waals surface area (Å²) in [5.41, 5.74) is 0.831. The molecule has 1 aliphatic rings. The topological polar surface area (TPSA) is 89.3 Å². The third kappa shape index (κ3) is 5.33. The number of carbonyl (C=O) groups is 1. The van der Waals surface area contributed by atoms with E-state index < -0.39 is 16.1 Å². The number of carbonyl (C=O) groups excluding carboxylic acids is 1. The molecule has 192 valence electrons. The third-order valence-electron chi connectivity index (χ3n) is 6.28. The van der Waals surface area contributed by atoms with Crippen molar-refractivity contribution in [2.24, 2.45) is 0 Å². The molecule has 9 heteroatoms. The molecule has 5 rings (SSSR count). The van der Waals surface area contributed by atoms with Gasteiger partial charge in [0.25, 0.3) is 0 Å². The molecule has 8 nitrogen and oxygen atoms in total. The second-order valence-corrected chi connectivity index (χ2v) is 11.1. The minimum absolute atomic E-state index is 0.154. The molecule has 0 N–H and O–H groups in total. The van der Waals surface area contributed by atoms with E-state index in [1.165, 1.54) is 4.31 Å². The number of ether oxygens (including phenoxy) is 2. The normalized spacial score (nSPS) is 13.0. The van der Waals surface area contributed by atoms with Gasteiger partial charge in [-0.2, -0.15) is 4.31 Å². The Bertz CT molecular complexity index is 1510. The maximum atomic E-state index is 13.7. The summed E-state index contributed by atoms with van der Waals surface area (Å²) in [7, 11) is -3.94. The van der Waals surface area contributed by atoms with Crippen LogP contribution >= 0.6 is 0 Å². The standard InChI is InChI=1S/C28H28N2O6S/c1-20(2)30(37(32,33)25-11-10-22-6-3-4-7-23(22)15-25)18-28(31)29(17-24-8-5-13-34-24)16-21-9-12-26-27(14-21)36-19-35-26/h3-15,20H,16-19H2,1-2H3. The Kier molecular flexibility index (Phi) is 6.90. The van der Waals surface area contributed by atoms with Crippen LogP contribution in [0.1, 0.15) is 25.2 Å². The first-order chi connectivity index (χ1) is 17.8. The number of nitrogens with zero attached hydrogens (tertiary/aromatic N) is 2. The minimum atomic E-state index is -3.94. The minimum Gasteiger partial charge on any atom is -0.467 e. The fourth-order valence-electron chi connectivity index (χ4n) is 4.32. The Morgan fingerprint density at radius 3 is 2.43 bits per heavy atom. The van der Waals surface area contributed by atoms with E-state index in [4.69, 9.17) is 13.9 Å². The van der Waals surface area contributed by atoms with Crippen LogP contribution in [0.5, 0.6) is 11.5 Å². The number of amides is 1. The molecular weight excluding hydrogens is 492 g/mol. The van der Waals surface area contributed by atoms with E-state index in [1.807, 2.05) is 36.4 Å². The molecular formula is C28H28N2O6S. The van der Waals surface area contributed by atoms with Gasteiger partial charge >= 0.3 is 0 Å². The third-order valence-corrected chi connectivity index (χ3v) is 8.30. The zero-order chi connectivity index (χ0) is 26.0. The Morgan fingerprint density at radius 1 is 0.892 bits per heavy atom. The van der Waals surface area contributed by atoms with Crippen LogP contribution in [-0.2, 0) is 27.9 Å². The molecule has 2 heterocycles. The zero-order valence-corrected chi connectivity index (χ0v) is 21.5. The molecule has 1 amide bonds. The SMILES string of the molecule is CC(C)N(CC(=O)N(Cc1ccc2c(c1)OCO2)Cc1ccco1)S(=O)(=O)c1ccc2ccccc2c1. The number of fused-ring (bicyclic) bond motifs is 2. The lowest BCUT2D eigenvalue weighted by molar-refractivity contribution is -0.133. The summed E-state index contributed by atoms with van der Waals surface area (Å²) in [6.45, 7) is 3.82. The van der Waals surface area contributed by atoms with Crippen molar-refractivity contribution in [1.82, 2.24) is 9.21 Å². The average molecular weight is 521 g/mol. The van der Waals surface area contributed by atoms with Gasteiger partial charge in [0.15, 0.2) is 11.5 Å². The molecule has 0 fully saturated rings. The van der Waals surface area contributed by atoms with Gasteiger partial charge in [0, 0.05) is 12.6 Å². The van der Waals surface area contributed by atoms with Crippen molar-refractivity contribution >= 4 is 26.7 Å². The predicted octanol–water partition coefficient (Wildman–Crippen LogP) is 4.79. The number of hydrogen-bond acceptors (Lipinski definition) is 6. The second kappa shape index (κ2) is 10.3. The molecule has 0 saturated heterocycles. The maximum Gasteiger partial charge on any atom is 0.243 e. The van der Waals surface area contributed by atoms with Crippen LogP contribution in [-0.4, -0.2) is 42.9 Å². The number of hydrogen-bond donors (Lipinski definition) is 0. The van der Waals surface area contributed by atoms with Crippen molar-refractivity contribution in [3.8, 4) is 11.5 Å². The van der Waals surface area contributed by atoms with Gasteiger partial charge in [-0.3, -0.25) is 4.79 Å². The quantitative estimate of drug-likeness (QED) is 0.315. The smallest absolute Gasteiger partial charge is 0.243 e. The van der Waals surface area contributed by atoms with Crippen molar-refractivity contribution in [2.75, 3.05) is 13.3 Å². The van der Waals surface area contributed by atoms with Gasteiger partial charge < -0.3 is 18.8 Å². The van der Waals surface area contributed by atoms with Gasteiger partial charge in [-0.1, -0.05) is 36.4 Å². The number of benzene rings is 3. The van der Waals surface area contributed by atoms with E-state index in [0.717, 1.165) is 16.3 Å². The molecule has 0 saturated carbocycles. The average Bonchev–Trinajstić information content (AvgIpc) is 3.58. The van der Waals surface area contributed by atoms with Crippen LogP contribution in [0, 0.1) is 0 Å². The van der Waals surface area contributed by atoms with E-state index in [9.17, 15) is 13.2 Å². The summed E-state index contributed by atoms with van der Waals surface area (Å²) in [6, 6.07) is 21.2. The van der Waals surface area contributed by atoms with E-state index >= 15 is 0 Å². The Balaban J connectivity index is 1.41. The Hall–Kier alpha value is -3.82. The molecule has 0 bridgehead atoms. The molecule has 0 atom stereocenters. The first-order valence-electron chi connectivity index (χ1n) is 12.0. The van der Waals surface area contributed by atoms with Crippen molar-refractivity contribution in [3.63, 3.8) is 0 Å². The van der Waals surface area contributed by atoms with E-state index in [-0.39, 0.29) is 37.2 Å². The summed E-state index contributed by atoms with van der Waals surface area (Å²) < 4.78 is 45.0. The van der Waals surface area contributed by atoms with Gasteiger partial charge in [0.05, 0.1) is 24.2 Å². The molecule has 37 heavy (non-hydrogen) atoms. The number of furan rings is 1. The van der Waals surface area contributed by atoms with E-state index in [2.05, 4.69) is 0 Å². The molecule has 3 aromatic carbocycles. The highest BCUT2D eigenvalue weighted by atomic mass is 32.2. The number of sulfonamides is 1. The van der Waals surface area contributed by atoms with Crippen LogP contribution in [0.25, 0.3) is 10.8 Å². The van der Waals surface area contributed by atoms with Gasteiger partial charge in [-0.15, -0.1) is 0 Å². The van der Waals surface area contributed by atoms with Crippen molar-refractivity contribution in [2.45, 2.75) is 37.9 Å². The van der Waals surface area contributed by atoms with Gasteiger partial charge in [-0.05, 0) is 66.6 Å². The summed E-state index contributed by atoms with van der Waals surface area (Å²) in [6.07, 6.45) is 1.54. The molecule has 4 aromatic rings. The maximum absolute atomic E-state index is 13.7. The second-order valence-electron chi connectivity index (χ2n) is 9.17. The zero-order valence-electron chi connectivity index (χ0n) is 20.7. The molecule has 0 spiro atoms. The molecule has 0 aliphatic carbocycles. The summed E-state index contributed by atoms with van der Waals surface area (Å²) >= 11 is 0. The first-order valence-corrected chi connectivity index (χ1v) is 13.4. The lowest BCUT2D eigenvalue weighted by atomic mass is 10.1. The highest BCUT2D eigenvalue weighted by molar-refractivity contribution is 7.89.